The highest BCUT2D eigenvalue weighted by Crippen LogP contribution is 2.27. The van der Waals surface area contributed by atoms with Crippen LogP contribution in [-0.2, 0) is 17.9 Å². The van der Waals surface area contributed by atoms with Gasteiger partial charge in [-0.1, -0.05) is 6.92 Å². The van der Waals surface area contributed by atoms with Gasteiger partial charge in [0.15, 0.2) is 0 Å². The first kappa shape index (κ1) is 9.84. The molecule has 1 fully saturated rings. The van der Waals surface area contributed by atoms with Gasteiger partial charge in [0.05, 0.1) is 24.2 Å². The van der Waals surface area contributed by atoms with E-state index < -0.39 is 0 Å². The summed E-state index contributed by atoms with van der Waals surface area (Å²) < 4.78 is 2.02. The van der Waals surface area contributed by atoms with E-state index in [0.29, 0.717) is 6.42 Å². The second kappa shape index (κ2) is 3.31. The highest BCUT2D eigenvalue weighted by Gasteiger charge is 2.45. The summed E-state index contributed by atoms with van der Waals surface area (Å²) in [6, 6.07) is 2.06. The summed E-state index contributed by atoms with van der Waals surface area (Å²) in [6.45, 7) is 5.81. The van der Waals surface area contributed by atoms with Crippen LogP contribution >= 0.6 is 0 Å². The molecule has 0 aliphatic carbocycles. The SMILES string of the molecule is CCN1Cc2ccnn2CC2(CC(=O)N2)C1. The topological polar surface area (TPSA) is 50.2 Å². The minimum atomic E-state index is -0.0790. The Labute approximate surface area is 94.4 Å². The molecule has 0 bridgehead atoms. The predicted octanol–water partition coefficient (Wildman–Crippen LogP) is -0.0227. The van der Waals surface area contributed by atoms with Gasteiger partial charge in [-0.2, -0.15) is 5.10 Å². The highest BCUT2D eigenvalue weighted by atomic mass is 16.2. The van der Waals surface area contributed by atoms with Gasteiger partial charge in [-0.15, -0.1) is 0 Å². The van der Waals surface area contributed by atoms with Crippen molar-refractivity contribution in [2.75, 3.05) is 13.1 Å². The Morgan fingerprint density at radius 1 is 1.56 bits per heavy atom. The summed E-state index contributed by atoms with van der Waals surface area (Å²) in [5.41, 5.74) is 1.16. The Balaban J connectivity index is 1.91. The molecule has 86 valence electrons. The number of nitrogens with one attached hydrogen (secondary N) is 1. The Kier molecular flexibility index (Phi) is 2.04. The maximum atomic E-state index is 11.2. The summed E-state index contributed by atoms with van der Waals surface area (Å²) in [5.74, 6) is 0.159. The van der Waals surface area contributed by atoms with Crippen molar-refractivity contribution >= 4 is 5.91 Å². The van der Waals surface area contributed by atoms with Gasteiger partial charge in [-0.25, -0.2) is 0 Å². The van der Waals surface area contributed by atoms with Crippen LogP contribution in [0.3, 0.4) is 0 Å². The molecule has 1 aromatic heterocycles. The van der Waals surface area contributed by atoms with Crippen LogP contribution in [-0.4, -0.2) is 39.2 Å². The smallest absolute Gasteiger partial charge is 0.223 e. The van der Waals surface area contributed by atoms with E-state index in [2.05, 4.69) is 28.3 Å². The summed E-state index contributed by atoms with van der Waals surface area (Å²) in [6.07, 6.45) is 2.46. The average Bonchev–Trinajstić information content (AvgIpc) is 2.56. The zero-order valence-electron chi connectivity index (χ0n) is 9.44. The minimum absolute atomic E-state index is 0.0790. The summed E-state index contributed by atoms with van der Waals surface area (Å²) in [4.78, 5) is 13.5. The van der Waals surface area contributed by atoms with Gasteiger partial charge in [0, 0.05) is 19.3 Å². The van der Waals surface area contributed by atoms with Crippen molar-refractivity contribution in [3.63, 3.8) is 0 Å². The van der Waals surface area contributed by atoms with Crippen LogP contribution in [0.1, 0.15) is 19.0 Å². The lowest BCUT2D eigenvalue weighted by atomic mass is 9.86. The number of carbonyl (C=O) groups excluding carboxylic acids is 1. The molecule has 5 nitrogen and oxygen atoms in total. The Morgan fingerprint density at radius 2 is 2.38 bits per heavy atom. The maximum absolute atomic E-state index is 11.2. The van der Waals surface area contributed by atoms with Crippen molar-refractivity contribution in [1.82, 2.24) is 20.0 Å². The maximum Gasteiger partial charge on any atom is 0.223 e. The van der Waals surface area contributed by atoms with Crippen LogP contribution < -0.4 is 5.32 Å². The van der Waals surface area contributed by atoms with E-state index in [1.54, 1.807) is 0 Å². The number of hydrogen-bond acceptors (Lipinski definition) is 3. The fourth-order valence-electron chi connectivity index (χ4n) is 2.69. The number of aromatic nitrogens is 2. The lowest BCUT2D eigenvalue weighted by molar-refractivity contribution is -0.134. The molecule has 5 heteroatoms. The standard InChI is InChI=1S/C11H16N4O/c1-2-14-6-9-3-4-12-15(9)8-11(7-14)5-10(16)13-11/h3-4H,2,5-8H2,1H3,(H,13,16). The first-order valence-electron chi connectivity index (χ1n) is 5.75. The quantitative estimate of drug-likeness (QED) is 0.677. The molecular weight excluding hydrogens is 204 g/mol. The predicted molar refractivity (Wildman–Crippen MR) is 58.7 cm³/mol. The molecule has 1 N–H and O–H groups in total. The van der Waals surface area contributed by atoms with Crippen molar-refractivity contribution < 1.29 is 4.79 Å². The number of β-lactam (4-membered cyclic amide) rings is 1. The van der Waals surface area contributed by atoms with Gasteiger partial charge >= 0.3 is 0 Å². The van der Waals surface area contributed by atoms with Crippen molar-refractivity contribution in [3.05, 3.63) is 18.0 Å². The van der Waals surface area contributed by atoms with E-state index >= 15 is 0 Å². The molecule has 3 rings (SSSR count). The molecule has 16 heavy (non-hydrogen) atoms. The van der Waals surface area contributed by atoms with E-state index in [-0.39, 0.29) is 11.4 Å². The average molecular weight is 220 g/mol. The van der Waals surface area contributed by atoms with Gasteiger partial charge in [0.25, 0.3) is 0 Å². The van der Waals surface area contributed by atoms with Gasteiger partial charge in [0.1, 0.15) is 0 Å². The largest absolute Gasteiger partial charge is 0.347 e. The highest BCUT2D eigenvalue weighted by molar-refractivity contribution is 5.84. The van der Waals surface area contributed by atoms with Gasteiger partial charge in [0.2, 0.25) is 5.91 Å². The fraction of sp³-hybridized carbons (Fsp3) is 0.636. The van der Waals surface area contributed by atoms with E-state index in [9.17, 15) is 4.79 Å². The Bertz CT molecular complexity index is 417. The molecule has 0 aromatic carbocycles. The number of rotatable bonds is 1. The molecule has 1 aromatic rings. The number of likely N-dealkylation sites (N-methyl/N-ethyl adjacent to an activating group) is 1. The number of amides is 1. The number of nitrogens with zero attached hydrogens (tertiary/aromatic N) is 3. The molecular formula is C11H16N4O. The van der Waals surface area contributed by atoms with Crippen molar-refractivity contribution in [2.45, 2.75) is 32.0 Å². The van der Waals surface area contributed by atoms with Crippen molar-refractivity contribution in [3.8, 4) is 0 Å². The fourth-order valence-corrected chi connectivity index (χ4v) is 2.69. The van der Waals surface area contributed by atoms with E-state index in [4.69, 9.17) is 0 Å². The number of carbonyl (C=O) groups is 1. The third-order valence-electron chi connectivity index (χ3n) is 3.52. The molecule has 2 aliphatic rings. The Hall–Kier alpha value is -1.36. The molecule has 1 saturated heterocycles. The van der Waals surface area contributed by atoms with Crippen molar-refractivity contribution in [2.24, 2.45) is 0 Å². The van der Waals surface area contributed by atoms with Crippen LogP contribution in [0.25, 0.3) is 0 Å². The third-order valence-corrected chi connectivity index (χ3v) is 3.52. The molecule has 0 radical (unpaired) electrons. The molecule has 0 saturated carbocycles. The molecule has 1 atom stereocenters. The minimum Gasteiger partial charge on any atom is -0.347 e. The first-order chi connectivity index (χ1) is 7.71. The van der Waals surface area contributed by atoms with Crippen LogP contribution in [0.2, 0.25) is 0 Å². The molecule has 1 amide bonds. The van der Waals surface area contributed by atoms with Crippen molar-refractivity contribution in [1.29, 1.82) is 0 Å². The van der Waals surface area contributed by atoms with Crippen LogP contribution in [0, 0.1) is 0 Å². The monoisotopic (exact) mass is 220 g/mol. The zero-order valence-corrected chi connectivity index (χ0v) is 9.44. The first-order valence-corrected chi connectivity index (χ1v) is 5.75. The van der Waals surface area contributed by atoms with Gasteiger partial charge in [-0.05, 0) is 12.6 Å². The van der Waals surface area contributed by atoms with Crippen LogP contribution in [0.4, 0.5) is 0 Å². The Morgan fingerprint density at radius 3 is 3.06 bits per heavy atom. The molecule has 2 aliphatic heterocycles. The van der Waals surface area contributed by atoms with Crippen LogP contribution in [0.15, 0.2) is 12.3 Å². The summed E-state index contributed by atoms with van der Waals surface area (Å²) >= 11 is 0. The normalized spacial score (nSPS) is 29.4. The third kappa shape index (κ3) is 1.43. The second-order valence-electron chi connectivity index (χ2n) is 4.79. The zero-order chi connectivity index (χ0) is 11.2. The van der Waals surface area contributed by atoms with E-state index in [1.807, 2.05) is 10.9 Å². The molecule has 3 heterocycles. The van der Waals surface area contributed by atoms with Gasteiger partial charge in [-0.3, -0.25) is 14.4 Å². The number of fused-ring (bicyclic) bond motifs is 1. The van der Waals surface area contributed by atoms with E-state index in [1.165, 1.54) is 5.69 Å². The number of hydrogen-bond donors (Lipinski definition) is 1. The summed E-state index contributed by atoms with van der Waals surface area (Å²) in [5, 5.41) is 7.38. The lowest BCUT2D eigenvalue weighted by Crippen LogP contribution is -2.67. The molecule has 1 unspecified atom stereocenters. The van der Waals surface area contributed by atoms with Gasteiger partial charge < -0.3 is 5.32 Å². The van der Waals surface area contributed by atoms with Crippen LogP contribution in [0.5, 0.6) is 0 Å². The molecule has 1 spiro atoms. The summed E-state index contributed by atoms with van der Waals surface area (Å²) in [7, 11) is 0. The van der Waals surface area contributed by atoms with E-state index in [0.717, 1.165) is 26.2 Å². The lowest BCUT2D eigenvalue weighted by Gasteiger charge is -2.43. The second-order valence-corrected chi connectivity index (χ2v) is 4.79.